The van der Waals surface area contributed by atoms with Gasteiger partial charge in [-0.25, -0.2) is 8.70 Å². The maximum absolute atomic E-state index is 4.48. The van der Waals surface area contributed by atoms with Gasteiger partial charge < -0.3 is 0 Å². The van der Waals surface area contributed by atoms with Crippen LogP contribution in [0, 0.1) is 5.92 Å². The zero-order chi connectivity index (χ0) is 8.72. The maximum atomic E-state index is 4.48. The van der Waals surface area contributed by atoms with Gasteiger partial charge in [0.05, 0.1) is 23.9 Å². The quantitative estimate of drug-likeness (QED) is 0.531. The van der Waals surface area contributed by atoms with Crippen molar-refractivity contribution in [3.63, 3.8) is 0 Å². The number of nitrogens with zero attached hydrogens (tertiary/aromatic N) is 3. The van der Waals surface area contributed by atoms with Crippen LogP contribution in [0.3, 0.4) is 0 Å². The molecule has 0 aliphatic carbocycles. The Morgan fingerprint density at radius 1 is 1.58 bits per heavy atom. The first-order chi connectivity index (χ1) is 5.70. The van der Waals surface area contributed by atoms with Gasteiger partial charge in [0, 0.05) is 25.2 Å². The van der Waals surface area contributed by atoms with Gasteiger partial charge in [0.1, 0.15) is 0 Å². The van der Waals surface area contributed by atoms with Crippen LogP contribution in [0.2, 0.25) is 0 Å². The molecular formula is C8H13N3S. The molecule has 0 radical (unpaired) electrons. The molecule has 0 amide bonds. The van der Waals surface area contributed by atoms with E-state index in [2.05, 4.69) is 34.6 Å². The third-order valence-corrected chi connectivity index (χ3v) is 3.19. The molecule has 4 heteroatoms. The van der Waals surface area contributed by atoms with Gasteiger partial charge in [-0.05, 0) is 6.92 Å². The van der Waals surface area contributed by atoms with Crippen molar-refractivity contribution in [1.82, 2.24) is 4.31 Å². The Hall–Kier alpha value is -0.350. The van der Waals surface area contributed by atoms with Gasteiger partial charge in [-0.3, -0.25) is 4.99 Å². The number of rotatable bonds is 0. The fourth-order valence-corrected chi connectivity index (χ4v) is 2.55. The molecule has 2 atom stereocenters. The maximum Gasteiger partial charge on any atom is 0.0983 e. The summed E-state index contributed by atoms with van der Waals surface area (Å²) in [6, 6.07) is 0.374. The van der Waals surface area contributed by atoms with Crippen molar-refractivity contribution >= 4 is 23.6 Å². The average Bonchev–Trinajstić information content (AvgIpc) is 2.42. The highest BCUT2D eigenvalue weighted by atomic mass is 32.2. The van der Waals surface area contributed by atoms with Crippen LogP contribution in [-0.2, 0) is 0 Å². The molecule has 0 saturated heterocycles. The molecule has 0 saturated carbocycles. The van der Waals surface area contributed by atoms with E-state index in [0.717, 1.165) is 6.54 Å². The lowest BCUT2D eigenvalue weighted by Crippen LogP contribution is -2.42. The monoisotopic (exact) mass is 183 g/mol. The summed E-state index contributed by atoms with van der Waals surface area (Å²) in [7, 11) is 2.07. The molecule has 2 heterocycles. The van der Waals surface area contributed by atoms with Gasteiger partial charge in [0.15, 0.2) is 0 Å². The molecule has 0 aromatic heterocycles. The topological polar surface area (TPSA) is 28.0 Å². The third kappa shape index (κ3) is 1.10. The smallest absolute Gasteiger partial charge is 0.0983 e. The van der Waals surface area contributed by atoms with Crippen molar-refractivity contribution in [1.29, 1.82) is 0 Å². The van der Waals surface area contributed by atoms with Crippen LogP contribution >= 0.6 is 12.1 Å². The zero-order valence-corrected chi connectivity index (χ0v) is 8.43. The Kier molecular flexibility index (Phi) is 1.96. The minimum Gasteiger partial charge on any atom is -0.292 e. The average molecular weight is 183 g/mol. The summed E-state index contributed by atoms with van der Waals surface area (Å²) in [5.41, 5.74) is 2.51. The zero-order valence-electron chi connectivity index (χ0n) is 7.61. The van der Waals surface area contributed by atoms with Crippen LogP contribution in [0.4, 0.5) is 0 Å². The van der Waals surface area contributed by atoms with Crippen molar-refractivity contribution in [3.8, 4) is 0 Å². The summed E-state index contributed by atoms with van der Waals surface area (Å²) >= 11 is 1.55. The van der Waals surface area contributed by atoms with E-state index in [1.165, 1.54) is 11.4 Å². The van der Waals surface area contributed by atoms with Crippen LogP contribution < -0.4 is 0 Å². The molecule has 12 heavy (non-hydrogen) atoms. The molecule has 2 unspecified atom stereocenters. The van der Waals surface area contributed by atoms with E-state index >= 15 is 0 Å². The van der Waals surface area contributed by atoms with Gasteiger partial charge in [-0.2, -0.15) is 0 Å². The van der Waals surface area contributed by atoms with Gasteiger partial charge in [-0.15, -0.1) is 0 Å². The van der Waals surface area contributed by atoms with Gasteiger partial charge >= 0.3 is 0 Å². The van der Waals surface area contributed by atoms with Crippen LogP contribution in [0.5, 0.6) is 0 Å². The van der Waals surface area contributed by atoms with E-state index in [1.54, 1.807) is 12.1 Å². The summed E-state index contributed by atoms with van der Waals surface area (Å²) < 4.78 is 6.62. The van der Waals surface area contributed by atoms with E-state index < -0.39 is 0 Å². The molecule has 66 valence electrons. The number of fused-ring (bicyclic) bond motifs is 1. The second-order valence-electron chi connectivity index (χ2n) is 3.43. The fraction of sp³-hybridized carbons (Fsp3) is 0.750. The normalized spacial score (nSPS) is 35.9. The summed E-state index contributed by atoms with van der Waals surface area (Å²) in [4.78, 5) is 4.48. The van der Waals surface area contributed by atoms with Crippen molar-refractivity contribution in [2.75, 3.05) is 13.6 Å². The predicted octanol–water partition coefficient (Wildman–Crippen LogP) is 1.42. The predicted molar refractivity (Wildman–Crippen MR) is 53.7 cm³/mol. The number of hydrogen-bond acceptors (Lipinski definition) is 4. The molecule has 0 aromatic carbocycles. The Balaban J connectivity index is 2.33. The van der Waals surface area contributed by atoms with Crippen LogP contribution in [-0.4, -0.2) is 35.4 Å². The summed E-state index contributed by atoms with van der Waals surface area (Å²) in [6.07, 6.45) is 0. The standard InChI is InChI=1S/C8H13N3S/c1-5-4-9-6(2)8-7(5)10-12-11(8)3/h5,8H,4H2,1-3H3. The number of hydrogen-bond donors (Lipinski definition) is 0. The molecule has 0 aromatic rings. The highest BCUT2D eigenvalue weighted by Gasteiger charge is 2.35. The molecule has 2 rings (SSSR count). The van der Waals surface area contributed by atoms with E-state index in [9.17, 15) is 0 Å². The van der Waals surface area contributed by atoms with E-state index in [0.29, 0.717) is 12.0 Å². The minimum atomic E-state index is 0.374. The van der Waals surface area contributed by atoms with Crippen molar-refractivity contribution in [2.45, 2.75) is 19.9 Å². The Bertz CT molecular complexity index is 259. The number of aliphatic imine (C=N–C) groups is 1. The summed E-state index contributed by atoms with van der Waals surface area (Å²) in [5, 5.41) is 0. The Morgan fingerprint density at radius 2 is 2.33 bits per heavy atom. The molecular weight excluding hydrogens is 170 g/mol. The lowest BCUT2D eigenvalue weighted by Gasteiger charge is -2.26. The lowest BCUT2D eigenvalue weighted by molar-refractivity contribution is 0.568. The summed E-state index contributed by atoms with van der Waals surface area (Å²) in [6.45, 7) is 5.20. The molecule has 0 spiro atoms. The van der Waals surface area contributed by atoms with Gasteiger partial charge in [0.25, 0.3) is 0 Å². The first-order valence-corrected chi connectivity index (χ1v) is 4.92. The van der Waals surface area contributed by atoms with E-state index in [-0.39, 0.29) is 0 Å². The van der Waals surface area contributed by atoms with E-state index in [1.807, 2.05) is 0 Å². The van der Waals surface area contributed by atoms with Gasteiger partial charge in [-0.1, -0.05) is 6.92 Å². The third-order valence-electron chi connectivity index (χ3n) is 2.43. The molecule has 0 N–H and O–H groups in total. The minimum absolute atomic E-state index is 0.374. The van der Waals surface area contributed by atoms with Crippen LogP contribution in [0.15, 0.2) is 9.39 Å². The molecule has 3 nitrogen and oxygen atoms in total. The second-order valence-corrected chi connectivity index (χ2v) is 4.35. The van der Waals surface area contributed by atoms with Crippen molar-refractivity contribution in [2.24, 2.45) is 15.3 Å². The molecule has 2 aliphatic rings. The van der Waals surface area contributed by atoms with Crippen molar-refractivity contribution in [3.05, 3.63) is 0 Å². The first kappa shape index (κ1) is 8.26. The molecule has 0 fully saturated rings. The van der Waals surface area contributed by atoms with Crippen LogP contribution in [0.1, 0.15) is 13.8 Å². The first-order valence-electron chi connectivity index (χ1n) is 4.19. The van der Waals surface area contributed by atoms with Crippen molar-refractivity contribution < 1.29 is 0 Å². The fourth-order valence-electron chi connectivity index (χ4n) is 1.69. The van der Waals surface area contributed by atoms with Crippen LogP contribution in [0.25, 0.3) is 0 Å². The Morgan fingerprint density at radius 3 is 3.00 bits per heavy atom. The largest absolute Gasteiger partial charge is 0.292 e. The molecule has 0 bridgehead atoms. The Labute approximate surface area is 77.2 Å². The highest BCUT2D eigenvalue weighted by Crippen LogP contribution is 2.29. The molecule has 2 aliphatic heterocycles. The van der Waals surface area contributed by atoms with Gasteiger partial charge in [0.2, 0.25) is 0 Å². The lowest BCUT2D eigenvalue weighted by atomic mass is 9.93. The van der Waals surface area contributed by atoms with E-state index in [4.69, 9.17) is 0 Å². The SMILES string of the molecule is CC1=NCC(C)C2=NSN(C)C12. The summed E-state index contributed by atoms with van der Waals surface area (Å²) in [5.74, 6) is 0.524. The second kappa shape index (κ2) is 2.85. The highest BCUT2D eigenvalue weighted by molar-refractivity contribution is 7.96.